The molecule has 2 aromatic rings. The first-order valence-corrected chi connectivity index (χ1v) is 6.13. The molecule has 98 valence electrons. The lowest BCUT2D eigenvalue weighted by Gasteiger charge is -1.96. The molecular formula is C14H14N2O3. The Labute approximate surface area is 110 Å². The first kappa shape index (κ1) is 11.9. The summed E-state index contributed by atoms with van der Waals surface area (Å²) in [6.07, 6.45) is 0. The zero-order valence-electron chi connectivity index (χ0n) is 10.7. The lowest BCUT2D eigenvalue weighted by atomic mass is 10.1. The normalized spacial score (nSPS) is 24.1. The molecule has 1 N–H and O–H groups in total. The molecule has 0 radical (unpaired) electrons. The third-order valence-corrected chi connectivity index (χ3v) is 3.83. The Balaban J connectivity index is 1.90. The molecule has 0 unspecified atom stereocenters. The quantitative estimate of drug-likeness (QED) is 0.915. The highest BCUT2D eigenvalue weighted by molar-refractivity contribution is 5.77. The summed E-state index contributed by atoms with van der Waals surface area (Å²) in [7, 11) is 0. The molecule has 19 heavy (non-hydrogen) atoms. The molecule has 0 spiro atoms. The van der Waals surface area contributed by atoms with Gasteiger partial charge in [-0.05, 0) is 5.41 Å². The standard InChI is InChI=1S/C14H14N2O3/c1-14(2)9(10(14)13(17)18)12-15-11(16-19-12)8-6-4-3-5-7-8/h3-7,9-10H,1-2H3,(H,17,18)/t9-,10-/m1/s1. The van der Waals surface area contributed by atoms with Gasteiger partial charge in [-0.1, -0.05) is 49.3 Å². The first-order valence-electron chi connectivity index (χ1n) is 6.13. The zero-order chi connectivity index (χ0) is 13.6. The number of aliphatic carboxylic acids is 1. The lowest BCUT2D eigenvalue weighted by molar-refractivity contribution is -0.139. The average molecular weight is 258 g/mol. The van der Waals surface area contributed by atoms with Gasteiger partial charge in [-0.25, -0.2) is 0 Å². The van der Waals surface area contributed by atoms with Crippen LogP contribution < -0.4 is 0 Å². The number of nitrogens with zero attached hydrogens (tertiary/aromatic N) is 2. The van der Waals surface area contributed by atoms with Gasteiger partial charge in [-0.2, -0.15) is 4.98 Å². The molecule has 1 aromatic heterocycles. The van der Waals surface area contributed by atoms with Gasteiger partial charge in [-0.3, -0.25) is 4.79 Å². The molecule has 3 rings (SSSR count). The summed E-state index contributed by atoms with van der Waals surface area (Å²) in [6.45, 7) is 3.81. The summed E-state index contributed by atoms with van der Waals surface area (Å²) in [5, 5.41) is 13.1. The van der Waals surface area contributed by atoms with E-state index >= 15 is 0 Å². The Morgan fingerprint density at radius 2 is 2.00 bits per heavy atom. The van der Waals surface area contributed by atoms with Crippen LogP contribution in [0.2, 0.25) is 0 Å². The summed E-state index contributed by atoms with van der Waals surface area (Å²) in [6, 6.07) is 9.48. The van der Waals surface area contributed by atoms with Crippen LogP contribution in [0.25, 0.3) is 11.4 Å². The van der Waals surface area contributed by atoms with Crippen molar-refractivity contribution in [3.8, 4) is 11.4 Å². The topological polar surface area (TPSA) is 76.2 Å². The van der Waals surface area contributed by atoms with Crippen LogP contribution in [0.4, 0.5) is 0 Å². The molecule has 1 fully saturated rings. The van der Waals surface area contributed by atoms with Crippen LogP contribution in [-0.2, 0) is 4.79 Å². The van der Waals surface area contributed by atoms with Gasteiger partial charge in [0.15, 0.2) is 0 Å². The minimum atomic E-state index is -0.811. The molecule has 5 heteroatoms. The number of carboxylic acids is 1. The van der Waals surface area contributed by atoms with E-state index < -0.39 is 11.9 Å². The first-order chi connectivity index (χ1) is 9.01. The number of hydrogen-bond acceptors (Lipinski definition) is 4. The molecule has 1 saturated carbocycles. The van der Waals surface area contributed by atoms with Gasteiger partial charge in [0, 0.05) is 5.56 Å². The molecule has 0 aliphatic heterocycles. The molecule has 5 nitrogen and oxygen atoms in total. The van der Waals surface area contributed by atoms with Crippen molar-refractivity contribution < 1.29 is 14.4 Å². The lowest BCUT2D eigenvalue weighted by Crippen LogP contribution is -2.03. The highest BCUT2D eigenvalue weighted by Crippen LogP contribution is 2.64. The minimum Gasteiger partial charge on any atom is -0.481 e. The van der Waals surface area contributed by atoms with Crippen LogP contribution >= 0.6 is 0 Å². The molecule has 1 aliphatic rings. The van der Waals surface area contributed by atoms with Crippen molar-refractivity contribution in [3.05, 3.63) is 36.2 Å². The van der Waals surface area contributed by atoms with Crippen LogP contribution in [0.15, 0.2) is 34.9 Å². The van der Waals surface area contributed by atoms with E-state index in [1.54, 1.807) is 0 Å². The van der Waals surface area contributed by atoms with Crippen LogP contribution in [0.1, 0.15) is 25.7 Å². The molecular weight excluding hydrogens is 244 g/mol. The SMILES string of the molecule is CC1(C)[C@@H](C(=O)O)[C@@H]1c1nc(-c2ccccc2)no1. The Morgan fingerprint density at radius 1 is 1.32 bits per heavy atom. The van der Waals surface area contributed by atoms with E-state index in [0.717, 1.165) is 5.56 Å². The van der Waals surface area contributed by atoms with E-state index in [1.165, 1.54) is 0 Å². The highest BCUT2D eigenvalue weighted by atomic mass is 16.5. The monoisotopic (exact) mass is 258 g/mol. The summed E-state index contributed by atoms with van der Waals surface area (Å²) in [4.78, 5) is 15.5. The number of benzene rings is 1. The number of carbonyl (C=O) groups is 1. The second-order valence-corrected chi connectivity index (χ2v) is 5.44. The highest BCUT2D eigenvalue weighted by Gasteiger charge is 2.65. The van der Waals surface area contributed by atoms with Gasteiger partial charge >= 0.3 is 5.97 Å². The predicted octanol–water partition coefficient (Wildman–Crippen LogP) is 2.56. The Hall–Kier alpha value is -2.17. The van der Waals surface area contributed by atoms with E-state index in [-0.39, 0.29) is 11.3 Å². The number of aromatic nitrogens is 2. The number of hydrogen-bond donors (Lipinski definition) is 1. The van der Waals surface area contributed by atoms with Crippen LogP contribution in [-0.4, -0.2) is 21.2 Å². The van der Waals surface area contributed by atoms with Crippen molar-refractivity contribution in [1.82, 2.24) is 10.1 Å². The molecule has 1 aromatic carbocycles. The maximum Gasteiger partial charge on any atom is 0.307 e. The summed E-state index contributed by atoms with van der Waals surface area (Å²) in [5.41, 5.74) is 0.537. The minimum absolute atomic E-state index is 0.199. The largest absolute Gasteiger partial charge is 0.481 e. The average Bonchev–Trinajstić information content (AvgIpc) is 2.76. The van der Waals surface area contributed by atoms with Gasteiger partial charge in [0.2, 0.25) is 11.7 Å². The fourth-order valence-corrected chi connectivity index (χ4v) is 2.63. The second-order valence-electron chi connectivity index (χ2n) is 5.44. The third kappa shape index (κ3) is 1.82. The molecule has 0 amide bonds. The maximum absolute atomic E-state index is 11.1. The molecule has 0 saturated heterocycles. The molecule has 1 heterocycles. The van der Waals surface area contributed by atoms with E-state index in [4.69, 9.17) is 9.63 Å². The van der Waals surface area contributed by atoms with Gasteiger partial charge in [-0.15, -0.1) is 0 Å². The number of carboxylic acid groups (broad SMARTS) is 1. The van der Waals surface area contributed by atoms with Crippen LogP contribution in [0.5, 0.6) is 0 Å². The molecule has 2 atom stereocenters. The second kappa shape index (κ2) is 3.91. The van der Waals surface area contributed by atoms with Crippen LogP contribution in [0, 0.1) is 11.3 Å². The fourth-order valence-electron chi connectivity index (χ4n) is 2.63. The summed E-state index contributed by atoms with van der Waals surface area (Å²) >= 11 is 0. The van der Waals surface area contributed by atoms with Gasteiger partial charge in [0.25, 0.3) is 0 Å². The molecule has 1 aliphatic carbocycles. The van der Waals surface area contributed by atoms with Gasteiger partial charge in [0.1, 0.15) is 0 Å². The third-order valence-electron chi connectivity index (χ3n) is 3.83. The van der Waals surface area contributed by atoms with Crippen molar-refractivity contribution in [2.24, 2.45) is 11.3 Å². The van der Waals surface area contributed by atoms with Crippen molar-refractivity contribution >= 4 is 5.97 Å². The van der Waals surface area contributed by atoms with Crippen LogP contribution in [0.3, 0.4) is 0 Å². The summed E-state index contributed by atoms with van der Waals surface area (Å²) in [5.74, 6) is -0.542. The maximum atomic E-state index is 11.1. The smallest absolute Gasteiger partial charge is 0.307 e. The molecule has 0 bridgehead atoms. The van der Waals surface area contributed by atoms with Crippen molar-refractivity contribution in [2.45, 2.75) is 19.8 Å². The van der Waals surface area contributed by atoms with E-state index in [2.05, 4.69) is 10.1 Å². The van der Waals surface area contributed by atoms with E-state index in [9.17, 15) is 4.79 Å². The van der Waals surface area contributed by atoms with E-state index in [1.807, 2.05) is 44.2 Å². The summed E-state index contributed by atoms with van der Waals surface area (Å²) < 4.78 is 5.23. The Bertz CT molecular complexity index is 619. The predicted molar refractivity (Wildman–Crippen MR) is 67.4 cm³/mol. The van der Waals surface area contributed by atoms with E-state index in [0.29, 0.717) is 11.7 Å². The Kier molecular flexibility index (Phi) is 2.45. The van der Waals surface area contributed by atoms with Gasteiger partial charge in [0.05, 0.1) is 11.8 Å². The Morgan fingerprint density at radius 3 is 2.58 bits per heavy atom. The van der Waals surface area contributed by atoms with Crippen molar-refractivity contribution in [3.63, 3.8) is 0 Å². The number of rotatable bonds is 3. The van der Waals surface area contributed by atoms with Crippen molar-refractivity contribution in [1.29, 1.82) is 0 Å². The van der Waals surface area contributed by atoms with Gasteiger partial charge < -0.3 is 9.63 Å². The fraction of sp³-hybridized carbons (Fsp3) is 0.357. The van der Waals surface area contributed by atoms with Crippen molar-refractivity contribution in [2.75, 3.05) is 0 Å². The zero-order valence-corrected chi connectivity index (χ0v) is 10.7.